The highest BCUT2D eigenvalue weighted by molar-refractivity contribution is 8.14. The topological polar surface area (TPSA) is 48.7 Å². The molecule has 112 valence electrons. The summed E-state index contributed by atoms with van der Waals surface area (Å²) in [6.45, 7) is 3.20. The number of aromatic hydroxyl groups is 1. The Kier molecular flexibility index (Phi) is 3.30. The van der Waals surface area contributed by atoms with E-state index in [1.165, 1.54) is 0 Å². The van der Waals surface area contributed by atoms with Crippen molar-refractivity contribution in [2.45, 2.75) is 24.3 Å². The van der Waals surface area contributed by atoms with Crippen molar-refractivity contribution in [2.75, 3.05) is 6.54 Å². The first-order valence-corrected chi connectivity index (χ1v) is 8.31. The van der Waals surface area contributed by atoms with E-state index in [4.69, 9.17) is 4.99 Å². The van der Waals surface area contributed by atoms with E-state index in [1.807, 2.05) is 48.3 Å². The van der Waals surface area contributed by atoms with Gasteiger partial charge in [0.1, 0.15) is 11.8 Å². The van der Waals surface area contributed by atoms with Crippen molar-refractivity contribution in [2.24, 2.45) is 4.99 Å². The van der Waals surface area contributed by atoms with Gasteiger partial charge in [-0.05, 0) is 29.8 Å². The maximum absolute atomic E-state index is 9.85. The van der Waals surface area contributed by atoms with Gasteiger partial charge in [0.2, 0.25) is 0 Å². The minimum absolute atomic E-state index is 0.0157. The van der Waals surface area contributed by atoms with Crippen LogP contribution >= 0.6 is 11.8 Å². The molecule has 0 aliphatic carbocycles. The van der Waals surface area contributed by atoms with Gasteiger partial charge in [-0.3, -0.25) is 9.98 Å². The average Bonchev–Trinajstić information content (AvgIpc) is 3.04. The van der Waals surface area contributed by atoms with Crippen molar-refractivity contribution in [1.29, 1.82) is 0 Å². The molecule has 1 saturated heterocycles. The summed E-state index contributed by atoms with van der Waals surface area (Å²) >= 11 is 1.82. The number of amidine groups is 1. The number of thioether (sulfide) groups is 1. The Morgan fingerprint density at radius 1 is 1.23 bits per heavy atom. The summed E-state index contributed by atoms with van der Waals surface area (Å²) in [5.74, 6) is 0.297. The van der Waals surface area contributed by atoms with Gasteiger partial charge in [-0.2, -0.15) is 0 Å². The molecule has 2 aromatic rings. The van der Waals surface area contributed by atoms with Gasteiger partial charge in [0.05, 0.1) is 11.7 Å². The van der Waals surface area contributed by atoms with E-state index in [2.05, 4.69) is 22.9 Å². The summed E-state index contributed by atoms with van der Waals surface area (Å²) in [4.78, 5) is 11.8. The molecule has 1 fully saturated rings. The molecule has 1 aromatic heterocycles. The van der Waals surface area contributed by atoms with E-state index in [-0.39, 0.29) is 12.1 Å². The molecule has 22 heavy (non-hydrogen) atoms. The molecular formula is C17H17N3OS. The minimum Gasteiger partial charge on any atom is -0.508 e. The van der Waals surface area contributed by atoms with E-state index in [1.54, 1.807) is 6.07 Å². The number of nitrogens with zero attached hydrogens (tertiary/aromatic N) is 3. The van der Waals surface area contributed by atoms with Crippen LogP contribution in [0.5, 0.6) is 5.75 Å². The fourth-order valence-corrected chi connectivity index (χ4v) is 4.28. The molecule has 2 aliphatic rings. The summed E-state index contributed by atoms with van der Waals surface area (Å²) in [5.41, 5.74) is 2.06. The first-order chi connectivity index (χ1) is 10.7. The molecule has 3 atom stereocenters. The lowest BCUT2D eigenvalue weighted by atomic mass is 9.96. The SMILES string of the molecule is C[C@H]1CN2C(=N[C@H](c3ccccn3)[C@@H]2c2cccc(O)c2)S1. The Labute approximate surface area is 133 Å². The summed E-state index contributed by atoms with van der Waals surface area (Å²) in [6.07, 6.45) is 1.81. The van der Waals surface area contributed by atoms with Gasteiger partial charge < -0.3 is 10.0 Å². The Balaban J connectivity index is 1.78. The van der Waals surface area contributed by atoms with E-state index < -0.39 is 0 Å². The highest BCUT2D eigenvalue weighted by Crippen LogP contribution is 2.47. The number of phenols is 1. The zero-order valence-electron chi connectivity index (χ0n) is 12.3. The lowest BCUT2D eigenvalue weighted by Crippen LogP contribution is -2.28. The second-order valence-corrected chi connectivity index (χ2v) is 7.14. The van der Waals surface area contributed by atoms with Gasteiger partial charge in [-0.15, -0.1) is 0 Å². The number of pyridine rings is 1. The fourth-order valence-electron chi connectivity index (χ4n) is 3.19. The van der Waals surface area contributed by atoms with Gasteiger partial charge in [-0.1, -0.05) is 36.9 Å². The van der Waals surface area contributed by atoms with E-state index in [9.17, 15) is 5.11 Å². The molecule has 0 bridgehead atoms. The second kappa shape index (κ2) is 5.32. The predicted octanol–water partition coefficient (Wildman–Crippen LogP) is 3.38. The first kappa shape index (κ1) is 13.6. The van der Waals surface area contributed by atoms with Crippen molar-refractivity contribution >= 4 is 16.9 Å². The lowest BCUT2D eigenvalue weighted by Gasteiger charge is -2.27. The van der Waals surface area contributed by atoms with Crippen molar-refractivity contribution in [3.8, 4) is 5.75 Å². The van der Waals surface area contributed by atoms with Crippen LogP contribution in [0.1, 0.15) is 30.3 Å². The van der Waals surface area contributed by atoms with Crippen LogP contribution < -0.4 is 0 Å². The largest absolute Gasteiger partial charge is 0.508 e. The molecule has 4 nitrogen and oxygen atoms in total. The first-order valence-electron chi connectivity index (χ1n) is 7.43. The lowest BCUT2D eigenvalue weighted by molar-refractivity contribution is 0.320. The number of fused-ring (bicyclic) bond motifs is 1. The molecule has 3 heterocycles. The molecule has 0 amide bonds. The van der Waals surface area contributed by atoms with Crippen LogP contribution in [0.3, 0.4) is 0 Å². The third kappa shape index (κ3) is 2.25. The molecule has 0 unspecified atom stereocenters. The maximum Gasteiger partial charge on any atom is 0.160 e. The molecule has 4 rings (SSSR count). The van der Waals surface area contributed by atoms with Gasteiger partial charge in [0, 0.05) is 18.0 Å². The normalized spacial score (nSPS) is 26.9. The summed E-state index contributed by atoms with van der Waals surface area (Å²) in [5, 5.41) is 11.5. The van der Waals surface area contributed by atoms with Crippen molar-refractivity contribution in [3.05, 3.63) is 59.9 Å². The van der Waals surface area contributed by atoms with E-state index >= 15 is 0 Å². The van der Waals surface area contributed by atoms with Crippen LogP contribution in [-0.2, 0) is 0 Å². The number of aliphatic imine (C=N–C) groups is 1. The fraction of sp³-hybridized carbons (Fsp3) is 0.294. The predicted molar refractivity (Wildman–Crippen MR) is 89.0 cm³/mol. The number of hydrogen-bond donors (Lipinski definition) is 1. The number of rotatable bonds is 2. The molecular weight excluding hydrogens is 294 g/mol. The summed E-state index contributed by atoms with van der Waals surface area (Å²) in [7, 11) is 0. The molecule has 1 N–H and O–H groups in total. The average molecular weight is 311 g/mol. The molecule has 0 spiro atoms. The molecule has 5 heteroatoms. The van der Waals surface area contributed by atoms with Crippen molar-refractivity contribution < 1.29 is 5.11 Å². The third-order valence-electron chi connectivity index (χ3n) is 4.09. The molecule has 0 saturated carbocycles. The standard InChI is InChI=1S/C17H17N3OS/c1-11-10-20-16(12-5-4-6-13(21)9-12)15(19-17(20)22-11)14-7-2-3-8-18-14/h2-9,11,15-16,21H,10H2,1H3/t11-,15+,16-/m0/s1. The highest BCUT2D eigenvalue weighted by atomic mass is 32.2. The third-order valence-corrected chi connectivity index (χ3v) is 5.20. The minimum atomic E-state index is -0.0157. The number of aromatic nitrogens is 1. The zero-order valence-corrected chi connectivity index (χ0v) is 13.1. The van der Waals surface area contributed by atoms with Crippen LogP contribution in [0.15, 0.2) is 53.7 Å². The van der Waals surface area contributed by atoms with Crippen molar-refractivity contribution in [1.82, 2.24) is 9.88 Å². The van der Waals surface area contributed by atoms with E-state index in [0.29, 0.717) is 11.0 Å². The maximum atomic E-state index is 9.85. The second-order valence-electron chi connectivity index (χ2n) is 5.73. The van der Waals surface area contributed by atoms with Crippen LogP contribution in [0.4, 0.5) is 0 Å². The molecule has 1 aromatic carbocycles. The Hall–Kier alpha value is -2.01. The van der Waals surface area contributed by atoms with Gasteiger partial charge in [0.15, 0.2) is 5.17 Å². The van der Waals surface area contributed by atoms with Gasteiger partial charge >= 0.3 is 0 Å². The monoisotopic (exact) mass is 311 g/mol. The van der Waals surface area contributed by atoms with E-state index in [0.717, 1.165) is 23.0 Å². The van der Waals surface area contributed by atoms with Crippen LogP contribution in [0, 0.1) is 0 Å². The Bertz CT molecular complexity index is 719. The van der Waals surface area contributed by atoms with Crippen LogP contribution in [-0.4, -0.2) is 32.0 Å². The van der Waals surface area contributed by atoms with Crippen LogP contribution in [0.2, 0.25) is 0 Å². The van der Waals surface area contributed by atoms with Crippen LogP contribution in [0.25, 0.3) is 0 Å². The Morgan fingerprint density at radius 3 is 2.91 bits per heavy atom. The quantitative estimate of drug-likeness (QED) is 0.924. The number of phenolic OH excluding ortho intramolecular Hbond substituents is 1. The van der Waals surface area contributed by atoms with Gasteiger partial charge in [0.25, 0.3) is 0 Å². The number of benzene rings is 1. The van der Waals surface area contributed by atoms with Crippen molar-refractivity contribution in [3.63, 3.8) is 0 Å². The number of hydrogen-bond acceptors (Lipinski definition) is 5. The summed E-state index contributed by atoms with van der Waals surface area (Å²) < 4.78 is 0. The Morgan fingerprint density at radius 2 is 2.14 bits per heavy atom. The molecule has 2 aliphatic heterocycles. The zero-order chi connectivity index (χ0) is 15.1. The highest BCUT2D eigenvalue weighted by Gasteiger charge is 2.43. The molecule has 0 radical (unpaired) electrons. The smallest absolute Gasteiger partial charge is 0.160 e. The van der Waals surface area contributed by atoms with Gasteiger partial charge in [-0.25, -0.2) is 0 Å². The summed E-state index contributed by atoms with van der Waals surface area (Å²) in [6, 6.07) is 13.5.